The molecule has 19 heavy (non-hydrogen) atoms. The number of aryl methyl sites for hydroxylation is 2. The predicted octanol–water partition coefficient (Wildman–Crippen LogP) is 3.37. The lowest BCUT2D eigenvalue weighted by atomic mass is 10.0. The van der Waals surface area contributed by atoms with Crippen molar-refractivity contribution in [3.05, 3.63) is 52.6 Å². The molecule has 0 aliphatic carbocycles. The lowest BCUT2D eigenvalue weighted by molar-refractivity contribution is 0.553. The first kappa shape index (κ1) is 14.1. The van der Waals surface area contributed by atoms with Crippen LogP contribution in [0.25, 0.3) is 0 Å². The Bertz CT molecular complexity index is 548. The second kappa shape index (κ2) is 6.22. The van der Waals surface area contributed by atoms with Crippen LogP contribution in [-0.2, 0) is 13.0 Å². The smallest absolute Gasteiger partial charge is 0.110 e. The van der Waals surface area contributed by atoms with Crippen LogP contribution in [-0.4, -0.2) is 16.6 Å². The van der Waals surface area contributed by atoms with E-state index in [4.69, 9.17) is 11.6 Å². The minimum atomic E-state index is 0.228. The summed E-state index contributed by atoms with van der Waals surface area (Å²) >= 11 is 6.21. The maximum atomic E-state index is 6.21. The molecule has 102 valence electrons. The van der Waals surface area contributed by atoms with Gasteiger partial charge in [-0.3, -0.25) is 0 Å². The zero-order valence-corrected chi connectivity index (χ0v) is 12.4. The fourth-order valence-electron chi connectivity index (χ4n) is 2.21. The molecule has 1 atom stereocenters. The van der Waals surface area contributed by atoms with Crippen molar-refractivity contribution in [3.8, 4) is 0 Å². The highest BCUT2D eigenvalue weighted by atomic mass is 35.5. The summed E-state index contributed by atoms with van der Waals surface area (Å²) in [5.41, 5.74) is 2.30. The minimum Gasteiger partial charge on any atom is -0.335 e. The summed E-state index contributed by atoms with van der Waals surface area (Å²) in [4.78, 5) is 4.43. The van der Waals surface area contributed by atoms with Gasteiger partial charge in [-0.2, -0.15) is 0 Å². The Hall–Kier alpha value is -1.32. The summed E-state index contributed by atoms with van der Waals surface area (Å²) in [6, 6.07) is 6.46. The number of halogens is 1. The molecule has 0 saturated heterocycles. The molecular weight excluding hydrogens is 258 g/mol. The van der Waals surface area contributed by atoms with Crippen molar-refractivity contribution in [2.75, 3.05) is 7.05 Å². The molecule has 0 aliphatic heterocycles. The normalized spacial score (nSPS) is 12.6. The second-order valence-electron chi connectivity index (χ2n) is 4.68. The van der Waals surface area contributed by atoms with E-state index in [9.17, 15) is 0 Å². The Morgan fingerprint density at radius 2 is 2.21 bits per heavy atom. The van der Waals surface area contributed by atoms with E-state index >= 15 is 0 Å². The average molecular weight is 278 g/mol. The summed E-state index contributed by atoms with van der Waals surface area (Å²) in [6.07, 6.45) is 4.73. The Labute approximate surface area is 119 Å². The quantitative estimate of drug-likeness (QED) is 0.908. The Morgan fingerprint density at radius 1 is 1.42 bits per heavy atom. The summed E-state index contributed by atoms with van der Waals surface area (Å²) in [5.74, 6) is 1.10. The maximum Gasteiger partial charge on any atom is 0.110 e. The molecule has 1 N–H and O–H groups in total. The van der Waals surface area contributed by atoms with Crippen LogP contribution in [0, 0.1) is 6.92 Å². The molecule has 1 aromatic carbocycles. The molecule has 1 heterocycles. The zero-order chi connectivity index (χ0) is 13.8. The van der Waals surface area contributed by atoms with Crippen molar-refractivity contribution in [1.82, 2.24) is 14.9 Å². The highest BCUT2D eigenvalue weighted by molar-refractivity contribution is 6.31. The van der Waals surface area contributed by atoms with Crippen LogP contribution in [0.3, 0.4) is 0 Å². The van der Waals surface area contributed by atoms with Crippen LogP contribution in [0.5, 0.6) is 0 Å². The van der Waals surface area contributed by atoms with Gasteiger partial charge >= 0.3 is 0 Å². The third-order valence-corrected chi connectivity index (χ3v) is 3.88. The van der Waals surface area contributed by atoms with Crippen molar-refractivity contribution in [2.24, 2.45) is 0 Å². The highest BCUT2D eigenvalue weighted by Crippen LogP contribution is 2.23. The van der Waals surface area contributed by atoms with E-state index in [1.165, 1.54) is 5.56 Å². The lowest BCUT2D eigenvalue weighted by Crippen LogP contribution is -2.20. The lowest BCUT2D eigenvalue weighted by Gasteiger charge is -2.17. The number of hydrogen-bond donors (Lipinski definition) is 1. The van der Waals surface area contributed by atoms with Crippen molar-refractivity contribution in [2.45, 2.75) is 32.9 Å². The number of nitrogens with one attached hydrogen (secondary N) is 1. The molecule has 1 unspecified atom stereocenters. The van der Waals surface area contributed by atoms with E-state index in [0.717, 1.165) is 29.4 Å². The topological polar surface area (TPSA) is 29.9 Å². The summed E-state index contributed by atoms with van der Waals surface area (Å²) in [6.45, 7) is 5.09. The Balaban J connectivity index is 2.22. The predicted molar refractivity (Wildman–Crippen MR) is 79.6 cm³/mol. The van der Waals surface area contributed by atoms with Gasteiger partial charge in [0.05, 0.1) is 0 Å². The number of rotatable bonds is 5. The van der Waals surface area contributed by atoms with Crippen LogP contribution < -0.4 is 5.32 Å². The zero-order valence-electron chi connectivity index (χ0n) is 11.7. The van der Waals surface area contributed by atoms with Crippen LogP contribution >= 0.6 is 11.6 Å². The minimum absolute atomic E-state index is 0.228. The van der Waals surface area contributed by atoms with Gasteiger partial charge in [0, 0.05) is 36.4 Å². The number of likely N-dealkylation sites (N-methyl/N-ethyl adjacent to an activating group) is 1. The molecule has 0 amide bonds. The van der Waals surface area contributed by atoms with Crippen LogP contribution in [0.1, 0.15) is 29.9 Å². The third kappa shape index (κ3) is 3.17. The number of benzene rings is 1. The molecule has 1 aromatic heterocycles. The number of aromatic nitrogens is 2. The summed E-state index contributed by atoms with van der Waals surface area (Å²) in [7, 11) is 1.97. The second-order valence-corrected chi connectivity index (χ2v) is 5.09. The molecule has 2 rings (SSSR count). The van der Waals surface area contributed by atoms with Gasteiger partial charge in [-0.05, 0) is 38.1 Å². The van der Waals surface area contributed by atoms with E-state index in [-0.39, 0.29) is 6.04 Å². The highest BCUT2D eigenvalue weighted by Gasteiger charge is 2.14. The van der Waals surface area contributed by atoms with Crippen LogP contribution in [0.4, 0.5) is 0 Å². The van der Waals surface area contributed by atoms with Crippen molar-refractivity contribution in [3.63, 3.8) is 0 Å². The van der Waals surface area contributed by atoms with Gasteiger partial charge < -0.3 is 9.88 Å². The van der Waals surface area contributed by atoms with Crippen molar-refractivity contribution in [1.29, 1.82) is 0 Å². The molecule has 0 spiro atoms. The van der Waals surface area contributed by atoms with E-state index in [0.29, 0.717) is 0 Å². The largest absolute Gasteiger partial charge is 0.335 e. The molecule has 3 nitrogen and oxygen atoms in total. The van der Waals surface area contributed by atoms with Crippen LogP contribution in [0.15, 0.2) is 30.6 Å². The number of imidazole rings is 1. The van der Waals surface area contributed by atoms with E-state index < -0.39 is 0 Å². The average Bonchev–Trinajstić information content (AvgIpc) is 2.86. The fourth-order valence-corrected chi connectivity index (χ4v) is 2.40. The van der Waals surface area contributed by atoms with Gasteiger partial charge in [0.1, 0.15) is 5.82 Å². The molecule has 0 radical (unpaired) electrons. The molecule has 0 saturated carbocycles. The Kier molecular flexibility index (Phi) is 4.61. The fraction of sp³-hybridized carbons (Fsp3) is 0.400. The third-order valence-electron chi connectivity index (χ3n) is 3.48. The molecular formula is C15H20ClN3. The van der Waals surface area contributed by atoms with Crippen molar-refractivity contribution < 1.29 is 0 Å². The monoisotopic (exact) mass is 277 g/mol. The number of hydrogen-bond acceptors (Lipinski definition) is 2. The SMILES string of the molecule is CCn1ccnc1CC(NC)c1ccc(C)c(Cl)c1. The Morgan fingerprint density at radius 3 is 2.84 bits per heavy atom. The molecule has 4 heteroatoms. The first-order chi connectivity index (χ1) is 9.15. The van der Waals surface area contributed by atoms with Gasteiger partial charge in [0.2, 0.25) is 0 Å². The molecule has 0 fully saturated rings. The van der Waals surface area contributed by atoms with Gasteiger partial charge in [-0.25, -0.2) is 4.98 Å². The molecule has 0 aliphatic rings. The standard InChI is InChI=1S/C15H20ClN3/c1-4-19-8-7-18-15(19)10-14(17-3)12-6-5-11(2)13(16)9-12/h5-9,14,17H,4,10H2,1-3H3. The molecule has 2 aromatic rings. The maximum absolute atomic E-state index is 6.21. The summed E-state index contributed by atoms with van der Waals surface area (Å²) in [5, 5.41) is 4.16. The van der Waals surface area contributed by atoms with Gasteiger partial charge in [-0.1, -0.05) is 23.7 Å². The van der Waals surface area contributed by atoms with E-state index in [2.05, 4.69) is 33.9 Å². The first-order valence-corrected chi connectivity index (χ1v) is 6.96. The van der Waals surface area contributed by atoms with Gasteiger partial charge in [0.15, 0.2) is 0 Å². The van der Waals surface area contributed by atoms with Crippen LogP contribution in [0.2, 0.25) is 5.02 Å². The van der Waals surface area contributed by atoms with Gasteiger partial charge in [-0.15, -0.1) is 0 Å². The first-order valence-electron chi connectivity index (χ1n) is 6.59. The van der Waals surface area contributed by atoms with E-state index in [1.54, 1.807) is 0 Å². The van der Waals surface area contributed by atoms with E-state index in [1.807, 2.05) is 32.4 Å². The van der Waals surface area contributed by atoms with Crippen molar-refractivity contribution >= 4 is 11.6 Å². The summed E-state index contributed by atoms with van der Waals surface area (Å²) < 4.78 is 2.17. The van der Waals surface area contributed by atoms with Gasteiger partial charge in [0.25, 0.3) is 0 Å². The number of nitrogens with zero attached hydrogens (tertiary/aromatic N) is 2. The molecule has 0 bridgehead atoms.